The minimum absolute atomic E-state index is 0.0653. The Hall–Kier alpha value is -2.83. The summed E-state index contributed by atoms with van der Waals surface area (Å²) in [5, 5.41) is 4.80. The maximum Gasteiger partial charge on any atom is 0.232 e. The second kappa shape index (κ2) is 6.48. The Morgan fingerprint density at radius 1 is 1.00 bits per heavy atom. The third-order valence-corrected chi connectivity index (χ3v) is 4.72. The Morgan fingerprint density at radius 2 is 1.81 bits per heavy atom. The van der Waals surface area contributed by atoms with Gasteiger partial charge < -0.3 is 15.5 Å². The van der Waals surface area contributed by atoms with Crippen LogP contribution in [-0.4, -0.2) is 15.0 Å². The number of nitrogens with one attached hydrogen (secondary N) is 1. The van der Waals surface area contributed by atoms with Crippen LogP contribution in [-0.2, 0) is 0 Å². The van der Waals surface area contributed by atoms with E-state index in [0.717, 1.165) is 16.5 Å². The van der Waals surface area contributed by atoms with Gasteiger partial charge in [-0.25, -0.2) is 0 Å². The molecule has 8 heteroatoms. The average molecular weight is 386 g/mol. The number of nitrogens with zero attached hydrogens (tertiary/aromatic N) is 3. The van der Waals surface area contributed by atoms with Gasteiger partial charge in [0, 0.05) is 10.9 Å². The largest absolute Gasteiger partial charge is 0.452 e. The maximum atomic E-state index is 6.20. The van der Waals surface area contributed by atoms with E-state index < -0.39 is 0 Å². The fraction of sp³-hybridized carbons (Fsp3) is 0.0556. The molecule has 0 unspecified atom stereocenters. The molecule has 0 fully saturated rings. The molecular formula is C18H13Cl2N5O. The molecule has 6 nitrogen and oxygen atoms in total. The molecule has 2 heterocycles. The molecular weight excluding hydrogens is 373 g/mol. The fourth-order valence-corrected chi connectivity index (χ4v) is 3.01. The van der Waals surface area contributed by atoms with Crippen molar-refractivity contribution in [2.45, 2.75) is 6.92 Å². The van der Waals surface area contributed by atoms with E-state index >= 15 is 0 Å². The van der Waals surface area contributed by atoms with Gasteiger partial charge >= 0.3 is 0 Å². The van der Waals surface area contributed by atoms with Crippen LogP contribution in [0.2, 0.25) is 10.0 Å². The van der Waals surface area contributed by atoms with E-state index in [9.17, 15) is 0 Å². The second-order valence-corrected chi connectivity index (χ2v) is 6.40. The SMILES string of the molecule is Cc1c(-c2nc(N)nc(Nc3cccc(Cl)c3Cl)n2)oc2ccccc12. The van der Waals surface area contributed by atoms with E-state index in [1.807, 2.05) is 31.2 Å². The van der Waals surface area contributed by atoms with Crippen LogP contribution in [0.1, 0.15) is 5.56 Å². The number of rotatable bonds is 3. The first-order valence-electron chi connectivity index (χ1n) is 7.74. The van der Waals surface area contributed by atoms with Crippen molar-refractivity contribution in [2.24, 2.45) is 0 Å². The first-order valence-corrected chi connectivity index (χ1v) is 8.49. The van der Waals surface area contributed by atoms with E-state index in [-0.39, 0.29) is 11.9 Å². The van der Waals surface area contributed by atoms with Crippen molar-refractivity contribution in [3.8, 4) is 11.6 Å². The van der Waals surface area contributed by atoms with Crippen molar-refractivity contribution in [1.29, 1.82) is 0 Å². The van der Waals surface area contributed by atoms with Gasteiger partial charge in [0.05, 0.1) is 15.7 Å². The number of nitrogens with two attached hydrogens (primary N) is 1. The normalized spacial score (nSPS) is 11.0. The lowest BCUT2D eigenvalue weighted by molar-refractivity contribution is 0.622. The third-order valence-electron chi connectivity index (χ3n) is 3.90. The summed E-state index contributed by atoms with van der Waals surface area (Å²) in [4.78, 5) is 12.7. The second-order valence-electron chi connectivity index (χ2n) is 5.62. The number of furan rings is 1. The van der Waals surface area contributed by atoms with Gasteiger partial charge in [0.15, 0.2) is 5.76 Å². The summed E-state index contributed by atoms with van der Waals surface area (Å²) in [7, 11) is 0. The summed E-state index contributed by atoms with van der Waals surface area (Å²) in [5.41, 5.74) is 8.11. The highest BCUT2D eigenvalue weighted by Gasteiger charge is 2.17. The topological polar surface area (TPSA) is 89.9 Å². The zero-order valence-electron chi connectivity index (χ0n) is 13.6. The first kappa shape index (κ1) is 16.6. The molecule has 26 heavy (non-hydrogen) atoms. The standard InChI is InChI=1S/C18H13Cl2N5O/c1-9-10-5-2-3-8-13(10)26-15(9)16-23-17(21)25-18(24-16)22-12-7-4-6-11(19)14(12)20/h2-8H,1H3,(H3,21,22,23,24,25). The molecule has 2 aromatic heterocycles. The molecule has 0 aliphatic heterocycles. The minimum Gasteiger partial charge on any atom is -0.452 e. The molecule has 3 N–H and O–H groups in total. The van der Waals surface area contributed by atoms with Gasteiger partial charge in [-0.2, -0.15) is 15.0 Å². The van der Waals surface area contributed by atoms with Crippen LogP contribution in [0.3, 0.4) is 0 Å². The monoisotopic (exact) mass is 385 g/mol. The smallest absolute Gasteiger partial charge is 0.232 e. The van der Waals surface area contributed by atoms with Gasteiger partial charge in [-0.1, -0.05) is 47.5 Å². The van der Waals surface area contributed by atoms with Gasteiger partial charge in [-0.3, -0.25) is 0 Å². The molecule has 130 valence electrons. The Morgan fingerprint density at radius 3 is 2.62 bits per heavy atom. The van der Waals surface area contributed by atoms with Crippen LogP contribution in [0, 0.1) is 6.92 Å². The molecule has 0 saturated carbocycles. The summed E-state index contributed by atoms with van der Waals surface area (Å²) in [5.74, 6) is 1.19. The molecule has 4 rings (SSSR count). The van der Waals surface area contributed by atoms with Crippen LogP contribution in [0.25, 0.3) is 22.6 Å². The lowest BCUT2D eigenvalue weighted by Crippen LogP contribution is -2.05. The predicted molar refractivity (Wildman–Crippen MR) is 104 cm³/mol. The number of nitrogen functional groups attached to an aromatic ring is 1. The number of aryl methyl sites for hydroxylation is 1. The Bertz CT molecular complexity index is 1130. The quantitative estimate of drug-likeness (QED) is 0.501. The van der Waals surface area contributed by atoms with Crippen LogP contribution < -0.4 is 11.1 Å². The van der Waals surface area contributed by atoms with Gasteiger partial charge in [0.25, 0.3) is 0 Å². The lowest BCUT2D eigenvalue weighted by atomic mass is 10.1. The lowest BCUT2D eigenvalue weighted by Gasteiger charge is -2.09. The number of para-hydroxylation sites is 1. The molecule has 4 aromatic rings. The third kappa shape index (κ3) is 2.94. The van der Waals surface area contributed by atoms with Crippen molar-refractivity contribution >= 4 is 51.8 Å². The summed E-state index contributed by atoms with van der Waals surface area (Å²) < 4.78 is 5.90. The Kier molecular flexibility index (Phi) is 4.14. The number of hydrogen-bond acceptors (Lipinski definition) is 6. The van der Waals surface area contributed by atoms with E-state index in [4.69, 9.17) is 33.4 Å². The van der Waals surface area contributed by atoms with Crippen LogP contribution >= 0.6 is 23.2 Å². The molecule has 0 aliphatic rings. The zero-order valence-corrected chi connectivity index (χ0v) is 15.1. The number of anilines is 3. The Balaban J connectivity index is 1.79. The molecule has 0 radical (unpaired) electrons. The van der Waals surface area contributed by atoms with E-state index in [1.165, 1.54) is 0 Å². The van der Waals surface area contributed by atoms with Crippen molar-refractivity contribution in [3.05, 3.63) is 58.1 Å². The van der Waals surface area contributed by atoms with Crippen LogP contribution in [0.4, 0.5) is 17.6 Å². The Labute approximate surface area is 159 Å². The van der Waals surface area contributed by atoms with Crippen molar-refractivity contribution in [1.82, 2.24) is 15.0 Å². The van der Waals surface area contributed by atoms with Gasteiger partial charge in [-0.05, 0) is 25.1 Å². The van der Waals surface area contributed by atoms with Gasteiger partial charge in [0.2, 0.25) is 17.7 Å². The number of benzene rings is 2. The molecule has 0 bridgehead atoms. The summed E-state index contributed by atoms with van der Waals surface area (Å²) in [6, 6.07) is 13.0. The number of fused-ring (bicyclic) bond motifs is 1. The maximum absolute atomic E-state index is 6.20. The minimum atomic E-state index is 0.0653. The fourth-order valence-electron chi connectivity index (χ4n) is 2.66. The predicted octanol–water partition coefficient (Wildman–Crippen LogP) is 5.23. The van der Waals surface area contributed by atoms with Gasteiger partial charge in [0.1, 0.15) is 5.58 Å². The van der Waals surface area contributed by atoms with Gasteiger partial charge in [-0.15, -0.1) is 0 Å². The van der Waals surface area contributed by atoms with Crippen molar-refractivity contribution in [2.75, 3.05) is 11.1 Å². The van der Waals surface area contributed by atoms with Crippen molar-refractivity contribution in [3.63, 3.8) is 0 Å². The van der Waals surface area contributed by atoms with E-state index in [2.05, 4.69) is 20.3 Å². The molecule has 0 amide bonds. The highest BCUT2D eigenvalue weighted by Crippen LogP contribution is 2.33. The van der Waals surface area contributed by atoms with Crippen LogP contribution in [0.15, 0.2) is 46.9 Å². The molecule has 0 saturated heterocycles. The molecule has 2 aromatic carbocycles. The van der Waals surface area contributed by atoms with E-state index in [1.54, 1.807) is 18.2 Å². The molecule has 0 aliphatic carbocycles. The number of aromatic nitrogens is 3. The number of halogens is 2. The first-order chi connectivity index (χ1) is 12.5. The molecule has 0 atom stereocenters. The highest BCUT2D eigenvalue weighted by atomic mass is 35.5. The summed E-state index contributed by atoms with van der Waals surface area (Å²) >= 11 is 12.2. The molecule has 0 spiro atoms. The zero-order chi connectivity index (χ0) is 18.3. The number of hydrogen-bond donors (Lipinski definition) is 2. The summed E-state index contributed by atoms with van der Waals surface area (Å²) in [6.07, 6.45) is 0. The van der Waals surface area contributed by atoms with Crippen molar-refractivity contribution < 1.29 is 4.42 Å². The van der Waals surface area contributed by atoms with E-state index in [0.29, 0.717) is 27.3 Å². The summed E-state index contributed by atoms with van der Waals surface area (Å²) in [6.45, 7) is 1.95. The average Bonchev–Trinajstić information content (AvgIpc) is 2.96. The van der Waals surface area contributed by atoms with Crippen LogP contribution in [0.5, 0.6) is 0 Å². The highest BCUT2D eigenvalue weighted by molar-refractivity contribution is 6.43.